The molecule has 5 rings (SSSR count). The number of benzene rings is 3. The summed E-state index contributed by atoms with van der Waals surface area (Å²) in [5.74, 6) is -4.05. The van der Waals surface area contributed by atoms with Crippen molar-refractivity contribution in [2.24, 2.45) is 0 Å². The molecule has 0 saturated heterocycles. The predicted octanol–water partition coefficient (Wildman–Crippen LogP) is 9.13. The Labute approximate surface area is 223 Å². The number of hydrogen-bond acceptors (Lipinski definition) is 2. The van der Waals surface area contributed by atoms with E-state index in [0.717, 1.165) is 63.0 Å². The summed E-state index contributed by atoms with van der Waals surface area (Å²) in [5, 5.41) is 16.0. The second-order valence-electron chi connectivity index (χ2n) is 9.39. The zero-order valence-corrected chi connectivity index (χ0v) is 22.1. The van der Waals surface area contributed by atoms with Crippen LogP contribution in [0.4, 0.5) is 18.9 Å². The summed E-state index contributed by atoms with van der Waals surface area (Å²) < 4.78 is 43.3. The molecule has 1 aliphatic rings. The lowest BCUT2D eigenvalue weighted by molar-refractivity contribution is 0.151. The number of halogens is 3. The van der Waals surface area contributed by atoms with Gasteiger partial charge in [0, 0.05) is 40.0 Å². The molecule has 0 saturated carbocycles. The van der Waals surface area contributed by atoms with Crippen molar-refractivity contribution in [3.63, 3.8) is 0 Å². The maximum atomic E-state index is 14.0. The van der Waals surface area contributed by atoms with Gasteiger partial charge in [0.1, 0.15) is 0 Å². The van der Waals surface area contributed by atoms with Gasteiger partial charge in [0.2, 0.25) is 0 Å². The highest BCUT2D eigenvalue weighted by molar-refractivity contribution is 6.05. The number of para-hydroxylation sites is 1. The van der Waals surface area contributed by atoms with E-state index in [1.807, 2.05) is 45.9 Å². The fraction of sp³-hybridized carbons (Fsp3) is 0.312. The summed E-state index contributed by atoms with van der Waals surface area (Å²) in [4.78, 5) is 0. The van der Waals surface area contributed by atoms with Crippen LogP contribution in [0, 0.1) is 31.3 Å². The van der Waals surface area contributed by atoms with Crippen LogP contribution in [0.2, 0.25) is 0 Å². The van der Waals surface area contributed by atoms with E-state index in [0.29, 0.717) is 11.1 Å². The summed E-state index contributed by atoms with van der Waals surface area (Å²) in [5.41, 5.74) is 7.65. The second kappa shape index (κ2) is 11.1. The number of hydrogen-bond donors (Lipinski definition) is 2. The fourth-order valence-electron chi connectivity index (χ4n) is 5.15. The average molecular weight is 523 g/mol. The highest BCUT2D eigenvalue weighted by Crippen LogP contribution is 2.48. The van der Waals surface area contributed by atoms with Crippen molar-refractivity contribution in [1.29, 1.82) is 0 Å². The van der Waals surface area contributed by atoms with E-state index in [1.54, 1.807) is 10.8 Å². The molecule has 0 aliphatic carbocycles. The zero-order chi connectivity index (χ0) is 27.2. The maximum Gasteiger partial charge on any atom is 0.194 e. The molecular weight excluding hydrogens is 485 g/mol. The fourth-order valence-corrected chi connectivity index (χ4v) is 5.15. The van der Waals surface area contributed by atoms with Crippen LogP contribution < -0.4 is 5.32 Å². The first-order valence-corrected chi connectivity index (χ1v) is 12.7. The SMILES string of the molecule is C.C=C(c1cc(F)c(F)c(F)c1)c1cn2c3c(cccc13)-c1c(C)cc(C)c(NC(C)CC)c1C2O.CC. The largest absolute Gasteiger partial charge is 0.382 e. The van der Waals surface area contributed by atoms with Crippen molar-refractivity contribution < 1.29 is 18.3 Å². The number of aliphatic hydroxyl groups is 1. The molecule has 0 spiro atoms. The van der Waals surface area contributed by atoms with Gasteiger partial charge in [-0.3, -0.25) is 0 Å². The van der Waals surface area contributed by atoms with E-state index in [9.17, 15) is 18.3 Å². The van der Waals surface area contributed by atoms with Crippen LogP contribution in [0.1, 0.15) is 75.6 Å². The molecule has 38 heavy (non-hydrogen) atoms. The van der Waals surface area contributed by atoms with Crippen LogP contribution >= 0.6 is 0 Å². The number of nitrogens with one attached hydrogen (secondary N) is 1. The molecule has 202 valence electrons. The summed E-state index contributed by atoms with van der Waals surface area (Å²) in [7, 11) is 0. The number of fused-ring (bicyclic) bond motifs is 2. The summed E-state index contributed by atoms with van der Waals surface area (Å²) in [6.45, 7) is 16.3. The predicted molar refractivity (Wildman–Crippen MR) is 153 cm³/mol. The Morgan fingerprint density at radius 3 is 2.32 bits per heavy atom. The molecule has 1 aromatic heterocycles. The number of nitrogens with zero attached hydrogens (tertiary/aromatic N) is 1. The van der Waals surface area contributed by atoms with Gasteiger partial charge in [0.15, 0.2) is 23.7 Å². The van der Waals surface area contributed by atoms with E-state index in [1.165, 1.54) is 0 Å². The number of aromatic nitrogens is 1. The van der Waals surface area contributed by atoms with Gasteiger partial charge in [-0.15, -0.1) is 0 Å². The number of aliphatic hydroxyl groups excluding tert-OH is 1. The van der Waals surface area contributed by atoms with Gasteiger partial charge in [-0.25, -0.2) is 13.2 Å². The minimum absolute atomic E-state index is 0. The van der Waals surface area contributed by atoms with Crippen molar-refractivity contribution in [1.82, 2.24) is 4.57 Å². The van der Waals surface area contributed by atoms with Gasteiger partial charge < -0.3 is 15.0 Å². The lowest BCUT2D eigenvalue weighted by atomic mass is 9.86. The highest BCUT2D eigenvalue weighted by Gasteiger charge is 2.32. The van der Waals surface area contributed by atoms with Gasteiger partial charge in [-0.1, -0.05) is 59.0 Å². The van der Waals surface area contributed by atoms with Crippen LogP contribution in [0.3, 0.4) is 0 Å². The van der Waals surface area contributed by atoms with Crippen LogP contribution in [0.5, 0.6) is 0 Å². The summed E-state index contributed by atoms with van der Waals surface area (Å²) >= 11 is 0. The number of aryl methyl sites for hydroxylation is 2. The number of rotatable bonds is 5. The third-order valence-corrected chi connectivity index (χ3v) is 7.06. The van der Waals surface area contributed by atoms with Gasteiger partial charge >= 0.3 is 0 Å². The van der Waals surface area contributed by atoms with Crippen molar-refractivity contribution in [3.8, 4) is 11.1 Å². The lowest BCUT2D eigenvalue weighted by Crippen LogP contribution is -2.22. The minimum atomic E-state index is -1.51. The summed E-state index contributed by atoms with van der Waals surface area (Å²) in [6, 6.07) is 10.1. The third-order valence-electron chi connectivity index (χ3n) is 7.06. The van der Waals surface area contributed by atoms with E-state index in [-0.39, 0.29) is 19.0 Å². The normalized spacial score (nSPS) is 14.2. The van der Waals surface area contributed by atoms with Crippen molar-refractivity contribution >= 4 is 22.2 Å². The van der Waals surface area contributed by atoms with Crippen LogP contribution in [0.15, 0.2) is 49.2 Å². The minimum Gasteiger partial charge on any atom is -0.382 e. The molecule has 0 fully saturated rings. The molecule has 2 atom stereocenters. The monoisotopic (exact) mass is 522 g/mol. The molecule has 2 N–H and O–H groups in total. The van der Waals surface area contributed by atoms with E-state index in [2.05, 4.69) is 31.8 Å². The third kappa shape index (κ3) is 4.51. The first kappa shape index (κ1) is 29.1. The molecule has 3 nitrogen and oxygen atoms in total. The molecule has 6 heteroatoms. The van der Waals surface area contributed by atoms with Gasteiger partial charge in [0.05, 0.1) is 5.52 Å². The Hall–Kier alpha value is -3.51. The topological polar surface area (TPSA) is 37.2 Å². The molecule has 0 amide bonds. The first-order valence-electron chi connectivity index (χ1n) is 12.7. The molecule has 0 radical (unpaired) electrons. The Kier molecular flexibility index (Phi) is 8.47. The molecule has 1 aliphatic heterocycles. The van der Waals surface area contributed by atoms with Gasteiger partial charge in [-0.05, 0) is 67.2 Å². The van der Waals surface area contributed by atoms with Gasteiger partial charge in [-0.2, -0.15) is 0 Å². The standard InChI is InChI=1S/C29H27F3N2O.C2H6.CH4/c1-6-16(4)33-27-15(3)10-14(2)24-20-9-7-8-19-21(13-34(28(19)20)29(35)25(24)27)17(5)18-11-22(30)26(32)23(31)12-18;1-2;/h7-13,16,29,33,35H,5-6H2,1-4H3;1-2H3;1H4. The van der Waals surface area contributed by atoms with E-state index >= 15 is 0 Å². The summed E-state index contributed by atoms with van der Waals surface area (Å²) in [6.07, 6.45) is 1.71. The van der Waals surface area contributed by atoms with Crippen LogP contribution in [0.25, 0.3) is 27.6 Å². The molecule has 2 unspecified atom stereocenters. The molecule has 4 aromatic rings. The highest BCUT2D eigenvalue weighted by atomic mass is 19.2. The van der Waals surface area contributed by atoms with Crippen LogP contribution in [-0.4, -0.2) is 15.7 Å². The van der Waals surface area contributed by atoms with Gasteiger partial charge in [0.25, 0.3) is 0 Å². The van der Waals surface area contributed by atoms with Crippen molar-refractivity contribution in [2.75, 3.05) is 5.32 Å². The lowest BCUT2D eigenvalue weighted by Gasteiger charge is -2.31. The smallest absolute Gasteiger partial charge is 0.194 e. The Bertz CT molecular complexity index is 1500. The molecular formula is C32H37F3N2O. The Morgan fingerprint density at radius 1 is 1.08 bits per heavy atom. The van der Waals surface area contributed by atoms with Crippen molar-refractivity contribution in [3.05, 3.63) is 94.4 Å². The molecule has 0 bridgehead atoms. The quantitative estimate of drug-likeness (QED) is 0.257. The molecule has 2 heterocycles. The maximum absolute atomic E-state index is 14.0. The Morgan fingerprint density at radius 2 is 1.71 bits per heavy atom. The average Bonchev–Trinajstić information content (AvgIpc) is 3.28. The molecule has 3 aromatic carbocycles. The Balaban J connectivity index is 0.00000130. The zero-order valence-electron chi connectivity index (χ0n) is 22.1. The second-order valence-corrected chi connectivity index (χ2v) is 9.39. The first-order chi connectivity index (χ1) is 17.6. The van der Waals surface area contributed by atoms with E-state index in [4.69, 9.17) is 0 Å². The van der Waals surface area contributed by atoms with E-state index < -0.39 is 23.7 Å². The number of anilines is 1. The van der Waals surface area contributed by atoms with Crippen molar-refractivity contribution in [2.45, 2.75) is 67.7 Å². The van der Waals surface area contributed by atoms with Crippen LogP contribution in [-0.2, 0) is 0 Å².